The second kappa shape index (κ2) is 7.87. The normalized spacial score (nSPS) is 23.9. The SMILES string of the molecule is O=C1CCCN1c1ccc(F)c(NC(=O)N2CCC[C@@H]2C2CCCCC2)c1. The van der Waals surface area contributed by atoms with Gasteiger partial charge in [0, 0.05) is 31.2 Å². The van der Waals surface area contributed by atoms with Gasteiger partial charge in [0.15, 0.2) is 0 Å². The van der Waals surface area contributed by atoms with E-state index in [2.05, 4.69) is 5.32 Å². The highest BCUT2D eigenvalue weighted by atomic mass is 19.1. The predicted octanol–water partition coefficient (Wildman–Crippen LogP) is 4.53. The van der Waals surface area contributed by atoms with Gasteiger partial charge in [-0.3, -0.25) is 4.79 Å². The zero-order valence-electron chi connectivity index (χ0n) is 15.8. The molecule has 146 valence electrons. The molecule has 1 aromatic rings. The topological polar surface area (TPSA) is 52.7 Å². The first-order chi connectivity index (χ1) is 13.1. The lowest BCUT2D eigenvalue weighted by Gasteiger charge is -2.34. The molecule has 0 spiro atoms. The molecule has 4 rings (SSSR count). The Morgan fingerprint density at radius 3 is 2.59 bits per heavy atom. The van der Waals surface area contributed by atoms with Gasteiger partial charge in [-0.05, 0) is 56.2 Å². The minimum atomic E-state index is -0.466. The third kappa shape index (κ3) is 3.80. The second-order valence-corrected chi connectivity index (χ2v) is 8.04. The first-order valence-corrected chi connectivity index (χ1v) is 10.3. The van der Waals surface area contributed by atoms with Crippen LogP contribution in [0.1, 0.15) is 57.8 Å². The molecule has 3 amide bonds. The van der Waals surface area contributed by atoms with Crippen molar-refractivity contribution in [1.29, 1.82) is 0 Å². The number of hydrogen-bond donors (Lipinski definition) is 1. The fourth-order valence-corrected chi connectivity index (χ4v) is 4.94. The van der Waals surface area contributed by atoms with E-state index in [1.807, 2.05) is 4.90 Å². The smallest absolute Gasteiger partial charge is 0.321 e. The maximum atomic E-state index is 14.3. The molecule has 5 nitrogen and oxygen atoms in total. The summed E-state index contributed by atoms with van der Waals surface area (Å²) in [5, 5.41) is 2.77. The van der Waals surface area contributed by atoms with E-state index in [-0.39, 0.29) is 23.7 Å². The summed E-state index contributed by atoms with van der Waals surface area (Å²) >= 11 is 0. The van der Waals surface area contributed by atoms with Crippen LogP contribution in [0.3, 0.4) is 0 Å². The van der Waals surface area contributed by atoms with E-state index in [4.69, 9.17) is 0 Å². The Morgan fingerprint density at radius 1 is 1.04 bits per heavy atom. The molecule has 0 unspecified atom stereocenters. The molecule has 6 heteroatoms. The van der Waals surface area contributed by atoms with Crippen LogP contribution in [0.4, 0.5) is 20.6 Å². The molecule has 27 heavy (non-hydrogen) atoms. The Kier molecular flexibility index (Phi) is 5.32. The third-order valence-corrected chi connectivity index (χ3v) is 6.33. The second-order valence-electron chi connectivity index (χ2n) is 8.04. The van der Waals surface area contributed by atoms with E-state index < -0.39 is 5.82 Å². The molecule has 0 aromatic heterocycles. The number of urea groups is 1. The van der Waals surface area contributed by atoms with Crippen LogP contribution >= 0.6 is 0 Å². The number of hydrogen-bond acceptors (Lipinski definition) is 2. The van der Waals surface area contributed by atoms with Gasteiger partial charge >= 0.3 is 6.03 Å². The van der Waals surface area contributed by atoms with Gasteiger partial charge in [0.05, 0.1) is 5.69 Å². The molecule has 2 aliphatic heterocycles. The van der Waals surface area contributed by atoms with Gasteiger partial charge in [-0.25, -0.2) is 9.18 Å². The maximum Gasteiger partial charge on any atom is 0.322 e. The van der Waals surface area contributed by atoms with Gasteiger partial charge in [0.1, 0.15) is 5.82 Å². The highest BCUT2D eigenvalue weighted by Crippen LogP contribution is 2.35. The molecular weight excluding hydrogens is 345 g/mol. The summed E-state index contributed by atoms with van der Waals surface area (Å²) in [4.78, 5) is 28.4. The molecule has 0 bridgehead atoms. The highest BCUT2D eigenvalue weighted by Gasteiger charge is 2.35. The Morgan fingerprint density at radius 2 is 1.85 bits per heavy atom. The largest absolute Gasteiger partial charge is 0.322 e. The molecule has 1 aromatic carbocycles. The van der Waals surface area contributed by atoms with Crippen LogP contribution in [-0.4, -0.2) is 36.0 Å². The number of likely N-dealkylation sites (tertiary alicyclic amines) is 1. The van der Waals surface area contributed by atoms with E-state index in [1.165, 1.54) is 38.2 Å². The van der Waals surface area contributed by atoms with Gasteiger partial charge in [0.25, 0.3) is 0 Å². The molecule has 1 atom stereocenters. The van der Waals surface area contributed by atoms with Crippen LogP contribution in [0.5, 0.6) is 0 Å². The Hall–Kier alpha value is -2.11. The third-order valence-electron chi connectivity index (χ3n) is 6.33. The van der Waals surface area contributed by atoms with Gasteiger partial charge in [0.2, 0.25) is 5.91 Å². The lowest BCUT2D eigenvalue weighted by atomic mass is 9.83. The number of nitrogens with one attached hydrogen (secondary N) is 1. The van der Waals surface area contributed by atoms with E-state index in [0.717, 1.165) is 25.8 Å². The van der Waals surface area contributed by atoms with Gasteiger partial charge in [-0.2, -0.15) is 0 Å². The summed E-state index contributed by atoms with van der Waals surface area (Å²) in [6.45, 7) is 1.38. The van der Waals surface area contributed by atoms with Crippen LogP contribution in [0.15, 0.2) is 18.2 Å². The van der Waals surface area contributed by atoms with E-state index in [0.29, 0.717) is 24.6 Å². The van der Waals surface area contributed by atoms with Gasteiger partial charge in [-0.15, -0.1) is 0 Å². The van der Waals surface area contributed by atoms with Crippen LogP contribution in [0.2, 0.25) is 0 Å². The lowest BCUT2D eigenvalue weighted by Crippen LogP contribution is -2.43. The van der Waals surface area contributed by atoms with Crippen molar-refractivity contribution in [2.24, 2.45) is 5.92 Å². The fraction of sp³-hybridized carbons (Fsp3) is 0.619. The van der Waals surface area contributed by atoms with Crippen molar-refractivity contribution >= 4 is 23.3 Å². The fourth-order valence-electron chi connectivity index (χ4n) is 4.94. The molecule has 3 fully saturated rings. The lowest BCUT2D eigenvalue weighted by molar-refractivity contribution is -0.117. The number of carbonyl (C=O) groups excluding carboxylic acids is 2. The quantitative estimate of drug-likeness (QED) is 0.846. The zero-order chi connectivity index (χ0) is 18.8. The minimum Gasteiger partial charge on any atom is -0.321 e. The maximum absolute atomic E-state index is 14.3. The van der Waals surface area contributed by atoms with Crippen molar-refractivity contribution in [3.8, 4) is 0 Å². The molecule has 3 aliphatic rings. The van der Waals surface area contributed by atoms with Crippen molar-refractivity contribution in [2.75, 3.05) is 23.3 Å². The van der Waals surface area contributed by atoms with E-state index in [1.54, 1.807) is 17.0 Å². The van der Waals surface area contributed by atoms with E-state index >= 15 is 0 Å². The van der Waals surface area contributed by atoms with E-state index in [9.17, 15) is 14.0 Å². The molecule has 2 saturated heterocycles. The highest BCUT2D eigenvalue weighted by molar-refractivity contribution is 5.97. The van der Waals surface area contributed by atoms with Crippen LogP contribution in [-0.2, 0) is 4.79 Å². The minimum absolute atomic E-state index is 0.0517. The molecule has 1 N–H and O–H groups in total. The van der Waals surface area contributed by atoms with Crippen molar-refractivity contribution in [3.05, 3.63) is 24.0 Å². The Balaban J connectivity index is 1.47. The van der Waals surface area contributed by atoms with Crippen molar-refractivity contribution in [2.45, 2.75) is 63.8 Å². The summed E-state index contributed by atoms with van der Waals surface area (Å²) in [6.07, 6.45) is 9.56. The first kappa shape index (κ1) is 18.3. The summed E-state index contributed by atoms with van der Waals surface area (Å²) in [7, 11) is 0. The average Bonchev–Trinajstić information content (AvgIpc) is 3.33. The molecular formula is C21H28FN3O2. The number of carbonyl (C=O) groups is 2. The monoisotopic (exact) mass is 373 g/mol. The Bertz CT molecular complexity index is 717. The standard InChI is InChI=1S/C21H28FN3O2/c22-17-11-10-16(24-12-5-9-20(24)26)14-18(17)23-21(27)25-13-4-8-19(25)15-6-2-1-3-7-15/h10-11,14-15,19H,1-9,12-13H2,(H,23,27)/t19-/m1/s1. The molecule has 1 saturated carbocycles. The number of benzene rings is 1. The van der Waals surface area contributed by atoms with Crippen LogP contribution < -0.4 is 10.2 Å². The van der Waals surface area contributed by atoms with Crippen LogP contribution in [0.25, 0.3) is 0 Å². The summed E-state index contributed by atoms with van der Waals surface area (Å²) in [5.41, 5.74) is 0.811. The number of rotatable bonds is 3. The number of nitrogens with zero attached hydrogens (tertiary/aromatic N) is 2. The summed E-state index contributed by atoms with van der Waals surface area (Å²) < 4.78 is 14.3. The number of anilines is 2. The van der Waals surface area contributed by atoms with Gasteiger partial charge in [-0.1, -0.05) is 19.3 Å². The van der Waals surface area contributed by atoms with Gasteiger partial charge < -0.3 is 15.1 Å². The molecule has 2 heterocycles. The first-order valence-electron chi connectivity index (χ1n) is 10.3. The van der Waals surface area contributed by atoms with Crippen LogP contribution in [0, 0.1) is 11.7 Å². The van der Waals surface area contributed by atoms with Crippen molar-refractivity contribution in [3.63, 3.8) is 0 Å². The van der Waals surface area contributed by atoms with Crippen molar-refractivity contribution < 1.29 is 14.0 Å². The predicted molar refractivity (Wildman–Crippen MR) is 103 cm³/mol. The summed E-state index contributed by atoms with van der Waals surface area (Å²) in [6, 6.07) is 4.58. The van der Waals surface area contributed by atoms with Crippen molar-refractivity contribution in [1.82, 2.24) is 4.90 Å². The Labute approximate surface area is 159 Å². The average molecular weight is 373 g/mol. The molecule has 1 aliphatic carbocycles. The molecule has 0 radical (unpaired) electrons. The zero-order valence-corrected chi connectivity index (χ0v) is 15.8. The summed E-state index contributed by atoms with van der Waals surface area (Å²) in [5.74, 6) is 0.161. The number of amides is 3. The number of halogens is 1.